The van der Waals surface area contributed by atoms with Gasteiger partial charge < -0.3 is 9.64 Å². The van der Waals surface area contributed by atoms with Crippen LogP contribution >= 0.6 is 0 Å². The lowest BCUT2D eigenvalue weighted by molar-refractivity contribution is 0.0687. The Morgan fingerprint density at radius 3 is 2.16 bits per heavy atom. The van der Waals surface area contributed by atoms with E-state index < -0.39 is 0 Å². The van der Waals surface area contributed by atoms with Gasteiger partial charge in [-0.05, 0) is 25.2 Å². The van der Waals surface area contributed by atoms with Crippen molar-refractivity contribution in [3.05, 3.63) is 71.8 Å². The first-order valence-corrected chi connectivity index (χ1v) is 6.54. The molecule has 2 rings (SSSR count). The van der Waals surface area contributed by atoms with Crippen molar-refractivity contribution in [1.82, 2.24) is 4.90 Å². The van der Waals surface area contributed by atoms with Crippen molar-refractivity contribution in [2.75, 3.05) is 27.2 Å². The smallest absolute Gasteiger partial charge is 0.108 e. The highest BCUT2D eigenvalue weighted by molar-refractivity contribution is 5.29. The van der Waals surface area contributed by atoms with Gasteiger partial charge >= 0.3 is 0 Å². The molecule has 0 aliphatic heterocycles. The quantitative estimate of drug-likeness (QED) is 0.786. The minimum Gasteiger partial charge on any atom is -0.367 e. The maximum Gasteiger partial charge on any atom is 0.108 e. The molecule has 0 aromatic heterocycles. The third kappa shape index (κ3) is 4.19. The van der Waals surface area contributed by atoms with Crippen molar-refractivity contribution in [2.24, 2.45) is 0 Å². The molecule has 1 atom stereocenters. The highest BCUT2D eigenvalue weighted by Crippen LogP contribution is 2.25. The summed E-state index contributed by atoms with van der Waals surface area (Å²) in [6, 6.07) is 18.3. The lowest BCUT2D eigenvalue weighted by Crippen LogP contribution is -2.20. The molecule has 2 heteroatoms. The molecular weight excluding hydrogens is 234 g/mol. The number of rotatable bonds is 6. The molecule has 0 bridgehead atoms. The van der Waals surface area contributed by atoms with Crippen LogP contribution in [0.4, 0.5) is 0 Å². The molecule has 0 heterocycles. The van der Waals surface area contributed by atoms with Crippen molar-refractivity contribution in [1.29, 1.82) is 0 Å². The Bertz CT molecular complexity index is 510. The zero-order chi connectivity index (χ0) is 14.4. The van der Waals surface area contributed by atoms with Crippen LogP contribution in [-0.4, -0.2) is 32.1 Å². The van der Waals surface area contributed by atoms with Gasteiger partial charge in [-0.15, -0.1) is 0 Å². The van der Waals surface area contributed by atoms with E-state index in [9.17, 15) is 0 Å². The largest absolute Gasteiger partial charge is 0.367 e. The van der Waals surface area contributed by atoms with Crippen LogP contribution in [0.25, 0.3) is 0 Å². The molecule has 2 aromatic rings. The number of likely N-dealkylation sites (N-methyl/N-ethyl adjacent to an activating group) is 1. The average Bonchev–Trinajstić information content (AvgIpc) is 2.46. The van der Waals surface area contributed by atoms with Crippen LogP contribution in [-0.2, 0) is 4.74 Å². The summed E-state index contributed by atoms with van der Waals surface area (Å²) in [5.41, 5.74) is 2.23. The van der Waals surface area contributed by atoms with E-state index in [1.54, 1.807) is 12.1 Å². The van der Waals surface area contributed by atoms with Crippen molar-refractivity contribution in [2.45, 2.75) is 6.10 Å². The molecule has 0 spiro atoms. The fraction of sp³-hybridized carbons (Fsp3) is 0.294. The van der Waals surface area contributed by atoms with Crippen LogP contribution in [0.15, 0.2) is 60.6 Å². The third-order valence-electron chi connectivity index (χ3n) is 2.97. The Morgan fingerprint density at radius 1 is 1.00 bits per heavy atom. The minimum absolute atomic E-state index is 0.0725. The summed E-state index contributed by atoms with van der Waals surface area (Å²) in [6.45, 7) is 1.56. The van der Waals surface area contributed by atoms with E-state index in [4.69, 9.17) is 6.11 Å². The molecule has 1 unspecified atom stereocenters. The number of benzene rings is 2. The monoisotopic (exact) mass is 256 g/mol. The predicted molar refractivity (Wildman–Crippen MR) is 79.2 cm³/mol. The first kappa shape index (κ1) is 12.4. The number of hydrogen-bond donors (Lipinski definition) is 0. The predicted octanol–water partition coefficient (Wildman–Crippen LogP) is 3.35. The molecule has 0 aliphatic rings. The van der Waals surface area contributed by atoms with Gasteiger partial charge in [-0.2, -0.15) is 0 Å². The van der Waals surface area contributed by atoms with E-state index in [0.29, 0.717) is 12.6 Å². The minimum atomic E-state index is -0.0725. The summed E-state index contributed by atoms with van der Waals surface area (Å²) in [6.07, 6.45) is -0.0725. The molecule has 0 fully saturated rings. The Balaban J connectivity index is 2.18. The van der Waals surface area contributed by atoms with Gasteiger partial charge in [-0.25, -0.2) is 0 Å². The molecule has 0 N–H and O–H groups in total. The summed E-state index contributed by atoms with van der Waals surface area (Å²) >= 11 is 0. The molecule has 19 heavy (non-hydrogen) atoms. The Labute approximate surface area is 117 Å². The van der Waals surface area contributed by atoms with Crippen molar-refractivity contribution in [3.63, 3.8) is 0 Å². The Morgan fingerprint density at radius 2 is 1.58 bits per heavy atom. The van der Waals surface area contributed by atoms with Gasteiger partial charge in [-0.3, -0.25) is 0 Å². The van der Waals surface area contributed by atoms with Crippen LogP contribution < -0.4 is 0 Å². The molecule has 0 amide bonds. The van der Waals surface area contributed by atoms with Crippen LogP contribution in [0, 0.1) is 0 Å². The highest BCUT2D eigenvalue weighted by atomic mass is 16.5. The maximum atomic E-state index is 7.58. The lowest BCUT2D eigenvalue weighted by atomic mass is 10.0. The van der Waals surface area contributed by atoms with Gasteiger partial charge in [0.15, 0.2) is 0 Å². The summed E-state index contributed by atoms with van der Waals surface area (Å²) in [4.78, 5) is 2.11. The Hall–Kier alpha value is -1.64. The molecule has 100 valence electrons. The van der Waals surface area contributed by atoms with Gasteiger partial charge in [0.05, 0.1) is 7.98 Å². The lowest BCUT2D eigenvalue weighted by Gasteiger charge is -2.20. The van der Waals surface area contributed by atoms with Crippen molar-refractivity contribution < 1.29 is 6.11 Å². The standard InChI is InChI=1S/C17H21NO/c1-18(2)13-14-19-17(15-9-5-3-6-10-15)16-11-7-4-8-12-16/h3-12,17H,13-14H2,1-2H3/i3D. The van der Waals surface area contributed by atoms with Crippen molar-refractivity contribution >= 4 is 0 Å². The maximum absolute atomic E-state index is 7.58. The molecule has 2 nitrogen and oxygen atoms in total. The molecule has 0 saturated carbocycles. The summed E-state index contributed by atoms with van der Waals surface area (Å²) in [5, 5.41) is 0. The normalized spacial score (nSPS) is 13.3. The van der Waals surface area contributed by atoms with Crippen LogP contribution in [0.5, 0.6) is 0 Å². The second-order valence-electron chi connectivity index (χ2n) is 4.80. The second-order valence-corrected chi connectivity index (χ2v) is 4.80. The van der Waals surface area contributed by atoms with E-state index in [1.165, 1.54) is 0 Å². The van der Waals surface area contributed by atoms with Crippen LogP contribution in [0.2, 0.25) is 0 Å². The van der Waals surface area contributed by atoms with Gasteiger partial charge in [0.2, 0.25) is 0 Å². The fourth-order valence-corrected chi connectivity index (χ4v) is 1.94. The van der Waals surface area contributed by atoms with Gasteiger partial charge in [0.1, 0.15) is 6.10 Å². The SMILES string of the molecule is [2H]c1ccc(C(OCCN(C)C)c2ccccc2)cc1. The zero-order valence-corrected chi connectivity index (χ0v) is 11.5. The van der Waals surface area contributed by atoms with Crippen molar-refractivity contribution in [3.8, 4) is 0 Å². The van der Waals surface area contributed by atoms with E-state index in [-0.39, 0.29) is 6.10 Å². The molecule has 2 aromatic carbocycles. The third-order valence-corrected chi connectivity index (χ3v) is 2.97. The van der Waals surface area contributed by atoms with E-state index in [0.717, 1.165) is 17.7 Å². The summed E-state index contributed by atoms with van der Waals surface area (Å²) in [7, 11) is 4.07. The van der Waals surface area contributed by atoms with Gasteiger partial charge in [0, 0.05) is 6.54 Å². The number of hydrogen-bond acceptors (Lipinski definition) is 2. The number of ether oxygens (including phenoxy) is 1. The summed E-state index contributed by atoms with van der Waals surface area (Å²) in [5.74, 6) is 0. The Kier molecular flexibility index (Phi) is 4.62. The summed E-state index contributed by atoms with van der Waals surface area (Å²) < 4.78 is 13.6. The van der Waals surface area contributed by atoms with Crippen LogP contribution in [0.1, 0.15) is 18.6 Å². The van der Waals surface area contributed by atoms with E-state index in [2.05, 4.69) is 17.0 Å². The van der Waals surface area contributed by atoms with E-state index >= 15 is 0 Å². The topological polar surface area (TPSA) is 12.5 Å². The first-order chi connectivity index (χ1) is 9.66. The molecule has 0 saturated heterocycles. The number of nitrogens with zero attached hydrogens (tertiary/aromatic N) is 1. The molecular formula is C17H21NO. The van der Waals surface area contributed by atoms with Gasteiger partial charge in [-0.1, -0.05) is 60.6 Å². The fourth-order valence-electron chi connectivity index (χ4n) is 1.94. The first-order valence-electron chi connectivity index (χ1n) is 7.04. The molecule has 0 aliphatic carbocycles. The van der Waals surface area contributed by atoms with Crippen LogP contribution in [0.3, 0.4) is 0 Å². The average molecular weight is 256 g/mol. The van der Waals surface area contributed by atoms with Gasteiger partial charge in [0.25, 0.3) is 0 Å². The molecule has 0 radical (unpaired) electrons. The zero-order valence-electron chi connectivity index (χ0n) is 12.5. The van der Waals surface area contributed by atoms with E-state index in [1.807, 2.05) is 44.4 Å². The highest BCUT2D eigenvalue weighted by Gasteiger charge is 2.13. The second kappa shape index (κ2) is 7.07.